The van der Waals surface area contributed by atoms with Crippen LogP contribution in [0.25, 0.3) is 0 Å². The minimum atomic E-state index is 0.610. The number of halogens is 1. The van der Waals surface area contributed by atoms with Crippen LogP contribution in [0.5, 0.6) is 17.4 Å². The Hall–Kier alpha value is -1.59. The lowest BCUT2D eigenvalue weighted by atomic mass is 10.2. The summed E-state index contributed by atoms with van der Waals surface area (Å²) in [5, 5.41) is 3.28. The van der Waals surface area contributed by atoms with E-state index in [0.29, 0.717) is 12.4 Å². The summed E-state index contributed by atoms with van der Waals surface area (Å²) in [6, 6.07) is 9.45. The van der Waals surface area contributed by atoms with E-state index in [2.05, 4.69) is 33.2 Å². The number of ether oxygens (including phenoxy) is 2. The maximum absolute atomic E-state index is 5.83. The summed E-state index contributed by atoms with van der Waals surface area (Å²) in [7, 11) is 1.64. The first kappa shape index (κ1) is 14.8. The highest BCUT2D eigenvalue weighted by atomic mass is 79.9. The SMILES string of the molecule is CCNCc1cc(Br)cnc1Oc1ccc(OC)cc1. The molecule has 0 aliphatic heterocycles. The minimum Gasteiger partial charge on any atom is -0.497 e. The summed E-state index contributed by atoms with van der Waals surface area (Å²) >= 11 is 3.43. The molecule has 0 bridgehead atoms. The van der Waals surface area contributed by atoms with E-state index < -0.39 is 0 Å². The van der Waals surface area contributed by atoms with E-state index in [0.717, 1.165) is 28.1 Å². The number of hydrogen-bond donors (Lipinski definition) is 1. The van der Waals surface area contributed by atoms with Gasteiger partial charge in [0.1, 0.15) is 11.5 Å². The summed E-state index contributed by atoms with van der Waals surface area (Å²) in [4.78, 5) is 4.33. The molecule has 0 fully saturated rings. The molecule has 4 nitrogen and oxygen atoms in total. The van der Waals surface area contributed by atoms with Gasteiger partial charge in [-0.1, -0.05) is 6.92 Å². The Bertz CT molecular complexity index is 558. The molecule has 1 aromatic heterocycles. The van der Waals surface area contributed by atoms with Crippen molar-refractivity contribution in [2.45, 2.75) is 13.5 Å². The van der Waals surface area contributed by atoms with Crippen molar-refractivity contribution in [3.05, 3.63) is 46.6 Å². The van der Waals surface area contributed by atoms with Gasteiger partial charge in [0.15, 0.2) is 0 Å². The van der Waals surface area contributed by atoms with E-state index in [1.165, 1.54) is 0 Å². The van der Waals surface area contributed by atoms with Gasteiger partial charge in [0, 0.05) is 22.8 Å². The first-order valence-corrected chi connectivity index (χ1v) is 7.19. The summed E-state index contributed by atoms with van der Waals surface area (Å²) in [5.74, 6) is 2.15. The van der Waals surface area contributed by atoms with E-state index in [4.69, 9.17) is 9.47 Å². The Labute approximate surface area is 127 Å². The van der Waals surface area contributed by atoms with E-state index in [-0.39, 0.29) is 0 Å². The number of hydrogen-bond acceptors (Lipinski definition) is 4. The zero-order valence-electron chi connectivity index (χ0n) is 11.5. The topological polar surface area (TPSA) is 43.4 Å². The molecule has 2 aromatic rings. The van der Waals surface area contributed by atoms with Gasteiger partial charge in [0.25, 0.3) is 0 Å². The molecule has 0 amide bonds. The van der Waals surface area contributed by atoms with Crippen molar-refractivity contribution in [3.63, 3.8) is 0 Å². The highest BCUT2D eigenvalue weighted by Crippen LogP contribution is 2.26. The second-order valence-electron chi connectivity index (χ2n) is 4.18. The lowest BCUT2D eigenvalue weighted by molar-refractivity contribution is 0.411. The Morgan fingerprint density at radius 3 is 2.55 bits per heavy atom. The molecule has 1 heterocycles. The molecule has 106 valence electrons. The lowest BCUT2D eigenvalue weighted by Gasteiger charge is -2.11. The first-order valence-electron chi connectivity index (χ1n) is 6.40. The summed E-state index contributed by atoms with van der Waals surface area (Å²) in [5.41, 5.74) is 1.01. The van der Waals surface area contributed by atoms with Gasteiger partial charge in [0.2, 0.25) is 5.88 Å². The summed E-state index contributed by atoms with van der Waals surface area (Å²) < 4.78 is 11.9. The van der Waals surface area contributed by atoms with Gasteiger partial charge < -0.3 is 14.8 Å². The Morgan fingerprint density at radius 1 is 1.20 bits per heavy atom. The van der Waals surface area contributed by atoms with Crippen molar-refractivity contribution in [1.82, 2.24) is 10.3 Å². The summed E-state index contributed by atoms with van der Waals surface area (Å²) in [6.45, 7) is 3.68. The molecule has 0 spiro atoms. The van der Waals surface area contributed by atoms with Gasteiger partial charge in [0.05, 0.1) is 7.11 Å². The van der Waals surface area contributed by atoms with Crippen LogP contribution in [0.4, 0.5) is 0 Å². The smallest absolute Gasteiger partial charge is 0.223 e. The molecule has 1 N–H and O–H groups in total. The third-order valence-corrected chi connectivity index (χ3v) is 3.17. The van der Waals surface area contributed by atoms with Gasteiger partial charge in [-0.05, 0) is 52.8 Å². The summed E-state index contributed by atoms with van der Waals surface area (Å²) in [6.07, 6.45) is 1.73. The number of rotatable bonds is 6. The van der Waals surface area contributed by atoms with Gasteiger partial charge in [-0.15, -0.1) is 0 Å². The maximum Gasteiger partial charge on any atom is 0.223 e. The van der Waals surface area contributed by atoms with Crippen LogP contribution in [-0.4, -0.2) is 18.6 Å². The highest BCUT2D eigenvalue weighted by Gasteiger charge is 2.07. The zero-order valence-corrected chi connectivity index (χ0v) is 13.1. The number of nitrogens with one attached hydrogen (secondary N) is 1. The molecule has 20 heavy (non-hydrogen) atoms. The molecular weight excluding hydrogens is 320 g/mol. The fraction of sp³-hybridized carbons (Fsp3) is 0.267. The Morgan fingerprint density at radius 2 is 1.90 bits per heavy atom. The van der Waals surface area contributed by atoms with Crippen LogP contribution < -0.4 is 14.8 Å². The average Bonchev–Trinajstić information content (AvgIpc) is 2.48. The fourth-order valence-corrected chi connectivity index (χ4v) is 2.08. The first-order chi connectivity index (χ1) is 9.72. The highest BCUT2D eigenvalue weighted by molar-refractivity contribution is 9.10. The number of pyridine rings is 1. The zero-order chi connectivity index (χ0) is 14.4. The average molecular weight is 337 g/mol. The predicted octanol–water partition coefficient (Wildman–Crippen LogP) is 3.75. The molecule has 0 aliphatic carbocycles. The third-order valence-electron chi connectivity index (χ3n) is 2.73. The molecule has 0 saturated heterocycles. The molecule has 0 atom stereocenters. The number of aromatic nitrogens is 1. The van der Waals surface area contributed by atoms with Crippen molar-refractivity contribution in [2.24, 2.45) is 0 Å². The molecule has 0 unspecified atom stereocenters. The predicted molar refractivity (Wildman–Crippen MR) is 82.4 cm³/mol. The minimum absolute atomic E-state index is 0.610. The third kappa shape index (κ3) is 3.95. The molecule has 5 heteroatoms. The molecule has 0 saturated carbocycles. The van der Waals surface area contributed by atoms with Crippen LogP contribution in [-0.2, 0) is 6.54 Å². The van der Waals surface area contributed by atoms with Crippen molar-refractivity contribution in [1.29, 1.82) is 0 Å². The Kier molecular flexibility index (Phi) is 5.38. The van der Waals surface area contributed by atoms with E-state index in [1.54, 1.807) is 13.3 Å². The van der Waals surface area contributed by atoms with Gasteiger partial charge in [-0.25, -0.2) is 4.98 Å². The second-order valence-corrected chi connectivity index (χ2v) is 5.09. The van der Waals surface area contributed by atoms with Crippen LogP contribution in [0.15, 0.2) is 41.0 Å². The van der Waals surface area contributed by atoms with Crippen LogP contribution in [0.2, 0.25) is 0 Å². The lowest BCUT2D eigenvalue weighted by Crippen LogP contribution is -2.12. The van der Waals surface area contributed by atoms with Crippen LogP contribution >= 0.6 is 15.9 Å². The van der Waals surface area contributed by atoms with Gasteiger partial charge in [-0.2, -0.15) is 0 Å². The fourth-order valence-electron chi connectivity index (χ4n) is 1.70. The van der Waals surface area contributed by atoms with E-state index in [9.17, 15) is 0 Å². The molecule has 0 radical (unpaired) electrons. The molecular formula is C15H17BrN2O2. The number of methoxy groups -OCH3 is 1. The van der Waals surface area contributed by atoms with Crippen LogP contribution in [0.3, 0.4) is 0 Å². The normalized spacial score (nSPS) is 10.3. The van der Waals surface area contributed by atoms with E-state index in [1.807, 2.05) is 30.3 Å². The molecule has 2 rings (SSSR count). The Balaban J connectivity index is 2.18. The molecule has 1 aromatic carbocycles. The van der Waals surface area contributed by atoms with Crippen molar-refractivity contribution in [3.8, 4) is 17.4 Å². The van der Waals surface area contributed by atoms with Crippen molar-refractivity contribution in [2.75, 3.05) is 13.7 Å². The molecule has 0 aliphatic rings. The van der Waals surface area contributed by atoms with Crippen LogP contribution in [0, 0.1) is 0 Å². The standard InChI is InChI=1S/C15H17BrN2O2/c1-3-17-9-11-8-12(16)10-18-15(11)20-14-6-4-13(19-2)5-7-14/h4-8,10,17H,3,9H2,1-2H3. The second kappa shape index (κ2) is 7.26. The van der Waals surface area contributed by atoms with E-state index >= 15 is 0 Å². The van der Waals surface area contributed by atoms with Crippen molar-refractivity contribution >= 4 is 15.9 Å². The van der Waals surface area contributed by atoms with Gasteiger partial charge in [-0.3, -0.25) is 0 Å². The maximum atomic E-state index is 5.83. The number of benzene rings is 1. The monoisotopic (exact) mass is 336 g/mol. The van der Waals surface area contributed by atoms with Gasteiger partial charge >= 0.3 is 0 Å². The van der Waals surface area contributed by atoms with Crippen molar-refractivity contribution < 1.29 is 9.47 Å². The quantitative estimate of drug-likeness (QED) is 0.872. The largest absolute Gasteiger partial charge is 0.497 e. The van der Waals surface area contributed by atoms with Crippen LogP contribution in [0.1, 0.15) is 12.5 Å². The number of nitrogens with zero attached hydrogens (tertiary/aromatic N) is 1.